The first-order chi connectivity index (χ1) is 41.3. The number of likely N-dealkylation sites (tertiary alicyclic amines) is 1. The van der Waals surface area contributed by atoms with Crippen LogP contribution in [0.4, 0.5) is 0 Å². The fourth-order valence-corrected chi connectivity index (χ4v) is 9.83. The zero-order valence-electron chi connectivity index (χ0n) is 50.6. The number of hydrogen-bond acceptors (Lipinski definition) is 14. The van der Waals surface area contributed by atoms with Gasteiger partial charge < -0.3 is 86.0 Å². The van der Waals surface area contributed by atoms with Crippen LogP contribution in [0, 0.1) is 17.8 Å². The molecule has 0 bridgehead atoms. The van der Waals surface area contributed by atoms with E-state index in [1.807, 2.05) is 20.8 Å². The Hall–Kier alpha value is -8.82. The smallest absolute Gasteiger partial charge is 0.326 e. The van der Waals surface area contributed by atoms with Crippen molar-refractivity contribution in [1.82, 2.24) is 52.1 Å². The van der Waals surface area contributed by atoms with Gasteiger partial charge in [-0.3, -0.25) is 48.3 Å². The second-order valence-corrected chi connectivity index (χ2v) is 22.9. The van der Waals surface area contributed by atoms with E-state index in [0.717, 1.165) is 0 Å². The summed E-state index contributed by atoms with van der Waals surface area (Å²) in [6.07, 6.45) is 4.48. The van der Waals surface area contributed by atoms with Gasteiger partial charge in [-0.2, -0.15) is 0 Å². The van der Waals surface area contributed by atoms with Gasteiger partial charge in [-0.1, -0.05) is 90.4 Å². The maximum absolute atomic E-state index is 14.9. The first-order valence-electron chi connectivity index (χ1n) is 29.6. The molecule has 87 heavy (non-hydrogen) atoms. The molecule has 28 heteroatoms. The van der Waals surface area contributed by atoms with Gasteiger partial charge in [-0.05, 0) is 92.4 Å². The maximum Gasteiger partial charge on any atom is 0.326 e. The molecule has 0 radical (unpaired) electrons. The molecule has 28 nitrogen and oxygen atoms in total. The summed E-state index contributed by atoms with van der Waals surface area (Å²) in [6.45, 7) is 11.3. The minimum Gasteiger partial charge on any atom is -0.508 e. The number of aromatic nitrogens is 2. The number of benzene rings is 2. The monoisotopic (exact) mass is 1210 g/mol. The number of amides is 8. The highest BCUT2D eigenvalue weighted by Gasteiger charge is 2.42. The first kappa shape index (κ1) is 70.7. The van der Waals surface area contributed by atoms with Gasteiger partial charge in [-0.15, -0.1) is 0 Å². The van der Waals surface area contributed by atoms with Crippen LogP contribution >= 0.6 is 0 Å². The maximum atomic E-state index is 14.9. The number of carbonyl (C=O) groups is 9. The number of nitrogens with zero attached hydrogens (tertiary/aromatic N) is 4. The molecular formula is C59H91N17O11. The zero-order chi connectivity index (χ0) is 64.3. The van der Waals surface area contributed by atoms with Crippen molar-refractivity contribution in [3.05, 3.63) is 83.9 Å². The molecule has 10 atom stereocenters. The minimum atomic E-state index is -1.39. The van der Waals surface area contributed by atoms with Gasteiger partial charge in [-0.25, -0.2) is 9.78 Å². The molecular weight excluding hydrogens is 1120 g/mol. The van der Waals surface area contributed by atoms with Crippen molar-refractivity contribution in [2.24, 2.45) is 56.4 Å². The number of hydrogen-bond donors (Lipinski definition) is 15. The van der Waals surface area contributed by atoms with Crippen LogP contribution in [-0.4, -0.2) is 164 Å². The number of nitrogens with one attached hydrogen (secondary N) is 8. The Morgan fingerprint density at radius 2 is 1.13 bits per heavy atom. The van der Waals surface area contributed by atoms with Gasteiger partial charge in [0.2, 0.25) is 47.3 Å². The van der Waals surface area contributed by atoms with E-state index in [9.17, 15) is 53.4 Å². The van der Waals surface area contributed by atoms with Crippen molar-refractivity contribution in [3.63, 3.8) is 0 Å². The zero-order valence-corrected chi connectivity index (χ0v) is 50.6. The third-order valence-electron chi connectivity index (χ3n) is 14.7. The van der Waals surface area contributed by atoms with Crippen molar-refractivity contribution in [3.8, 4) is 5.75 Å². The standard InChI is InChI=1S/C59H91N17O11/c1-7-35(6)48(75-54(83)45(30-38-31-65-32-68-38)73-51(80)42(26-33(2)3)70-49(78)40(60)16-11-23-66-58(61)62)56(85)76-25-13-18-47(76)55(84)69-41(17-12-24-67-59(63)64)50(79)71-43(28-36-14-9-8-10-15-36)52(81)72-44(29-37-19-21-39(77)22-20-37)53(82)74-46(57(86)87)27-34(4)5/h8-10,14-15,19-22,31-35,40-48,77H,7,11-13,16-18,23-30,60H2,1-6H3,(H,65,68)(H,69,84)(H,70,78)(H,71,79)(H,72,81)(H,73,80)(H,74,82)(H,75,83)(H,86,87)(H4,61,62,66)(H4,63,64,67)/t35-,40-,41-,42-,43-,44-,45-,46-,47-,48-/m0/s1. The van der Waals surface area contributed by atoms with Crippen molar-refractivity contribution in [2.75, 3.05) is 19.6 Å². The molecule has 0 unspecified atom stereocenters. The highest BCUT2D eigenvalue weighted by Crippen LogP contribution is 2.23. The van der Waals surface area contributed by atoms with Crippen LogP contribution in [0.1, 0.15) is 116 Å². The van der Waals surface area contributed by atoms with E-state index in [1.165, 1.54) is 29.6 Å². The van der Waals surface area contributed by atoms with Crippen molar-refractivity contribution < 1.29 is 53.4 Å². The summed E-state index contributed by atoms with van der Waals surface area (Å²) in [6, 6.07) is 3.39. The lowest BCUT2D eigenvalue weighted by Crippen LogP contribution is -2.61. The number of carbonyl (C=O) groups excluding carboxylic acids is 8. The number of phenols is 1. The Morgan fingerprint density at radius 3 is 1.66 bits per heavy atom. The largest absolute Gasteiger partial charge is 0.508 e. The number of aliphatic imine (C=N–C) groups is 2. The van der Waals surface area contributed by atoms with Crippen molar-refractivity contribution in [1.29, 1.82) is 0 Å². The van der Waals surface area contributed by atoms with E-state index >= 15 is 0 Å². The average Bonchev–Trinajstić information content (AvgIpc) is 2.36. The summed E-state index contributed by atoms with van der Waals surface area (Å²) < 4.78 is 0. The summed E-state index contributed by atoms with van der Waals surface area (Å²) in [5.41, 5.74) is 29.8. The van der Waals surface area contributed by atoms with Gasteiger partial charge in [0.15, 0.2) is 11.9 Å². The molecule has 0 aliphatic carbocycles. The fraction of sp³-hybridized carbons (Fsp3) is 0.559. The number of guanidine groups is 2. The lowest BCUT2D eigenvalue weighted by Gasteiger charge is -2.33. The van der Waals surface area contributed by atoms with Gasteiger partial charge >= 0.3 is 5.97 Å². The number of H-pyrrole nitrogens is 1. The molecule has 2 aromatic carbocycles. The van der Waals surface area contributed by atoms with Crippen LogP contribution in [0.3, 0.4) is 0 Å². The predicted molar refractivity (Wildman–Crippen MR) is 326 cm³/mol. The lowest BCUT2D eigenvalue weighted by atomic mass is 9.96. The number of aromatic hydroxyl groups is 1. The number of carboxylic acid groups (broad SMARTS) is 1. The van der Waals surface area contributed by atoms with Crippen LogP contribution in [0.25, 0.3) is 0 Å². The number of imidazole rings is 1. The summed E-state index contributed by atoms with van der Waals surface area (Å²) in [7, 11) is 0. The molecule has 4 rings (SSSR count). The second kappa shape index (κ2) is 35.6. The summed E-state index contributed by atoms with van der Waals surface area (Å²) in [5, 5.41) is 39.2. The third-order valence-corrected chi connectivity index (χ3v) is 14.7. The number of nitrogens with two attached hydrogens (primary N) is 5. The number of carboxylic acids is 1. The van der Waals surface area contributed by atoms with E-state index in [4.69, 9.17) is 28.7 Å². The Morgan fingerprint density at radius 1 is 0.632 bits per heavy atom. The Balaban J connectivity index is 1.62. The van der Waals surface area contributed by atoms with E-state index in [2.05, 4.69) is 57.2 Å². The normalized spacial score (nSPS) is 16.1. The van der Waals surface area contributed by atoms with Gasteiger partial charge in [0.05, 0.1) is 12.4 Å². The quantitative estimate of drug-likeness (QED) is 0.0192. The number of phenolic OH excluding ortho intramolecular Hbond substituents is 1. The fourth-order valence-electron chi connectivity index (χ4n) is 9.83. The molecule has 1 aliphatic heterocycles. The lowest BCUT2D eigenvalue weighted by molar-refractivity contribution is -0.143. The van der Waals surface area contributed by atoms with E-state index in [-0.39, 0.29) is 107 Å². The van der Waals surface area contributed by atoms with Crippen molar-refractivity contribution >= 4 is 65.1 Å². The Labute approximate surface area is 507 Å². The van der Waals surface area contributed by atoms with Gasteiger partial charge in [0.1, 0.15) is 54.1 Å². The van der Waals surface area contributed by atoms with Gasteiger partial charge in [0, 0.05) is 50.8 Å². The van der Waals surface area contributed by atoms with Gasteiger partial charge in [0.25, 0.3) is 0 Å². The predicted octanol–water partition coefficient (Wildman–Crippen LogP) is -0.815. The molecule has 2 heterocycles. The van der Waals surface area contributed by atoms with Crippen LogP contribution in [0.2, 0.25) is 0 Å². The Kier molecular flexibility index (Phi) is 28.9. The molecule has 0 saturated carbocycles. The topological polar surface area (TPSA) is 465 Å². The van der Waals surface area contributed by atoms with E-state index < -0.39 is 114 Å². The van der Waals surface area contributed by atoms with Crippen LogP contribution < -0.4 is 65.9 Å². The highest BCUT2D eigenvalue weighted by atomic mass is 16.4. The second-order valence-electron chi connectivity index (χ2n) is 22.9. The molecule has 8 amide bonds. The molecule has 478 valence electrons. The molecule has 1 aromatic heterocycles. The summed E-state index contributed by atoms with van der Waals surface area (Å²) in [4.78, 5) is 143. The minimum absolute atomic E-state index is 0.0484. The third kappa shape index (κ3) is 24.2. The molecule has 0 spiro atoms. The van der Waals surface area contributed by atoms with Crippen molar-refractivity contribution in [2.45, 2.75) is 173 Å². The number of rotatable bonds is 36. The molecule has 1 fully saturated rings. The Bertz CT molecular complexity index is 2790. The molecule has 20 N–H and O–H groups in total. The average molecular weight is 1210 g/mol. The summed E-state index contributed by atoms with van der Waals surface area (Å²) in [5.74, 6) is -8.12. The van der Waals surface area contributed by atoms with Crippen LogP contribution in [0.15, 0.2) is 77.1 Å². The highest BCUT2D eigenvalue weighted by molar-refractivity contribution is 5.98. The summed E-state index contributed by atoms with van der Waals surface area (Å²) >= 11 is 0. The van der Waals surface area contributed by atoms with E-state index in [0.29, 0.717) is 36.1 Å². The molecule has 1 saturated heterocycles. The SMILES string of the molecule is CC[C@H](C)[C@H](NC(=O)[C@H](Cc1cnc[nH]1)NC(=O)[C@H](CC(C)C)NC(=O)[C@@H](N)CCCN=C(N)N)C(=O)N1CCC[C@H]1C(=O)N[C@@H](CCCN=C(N)N)C(=O)N[C@@H](Cc1ccccc1)C(=O)N[C@@H](Cc1ccc(O)cc1)C(=O)N[C@@H](CC(C)C)C(=O)O. The first-order valence-corrected chi connectivity index (χ1v) is 29.6. The molecule has 1 aliphatic rings. The number of aliphatic carboxylic acids is 1. The number of aromatic amines is 1. The van der Waals surface area contributed by atoms with Crippen LogP contribution in [0.5, 0.6) is 5.75 Å². The van der Waals surface area contributed by atoms with E-state index in [1.54, 1.807) is 63.2 Å². The molecule has 3 aromatic rings. The van der Waals surface area contributed by atoms with Crippen LogP contribution in [-0.2, 0) is 62.4 Å².